The van der Waals surface area contributed by atoms with E-state index in [-0.39, 0.29) is 18.1 Å². The predicted molar refractivity (Wildman–Crippen MR) is 129 cm³/mol. The molecule has 1 saturated carbocycles. The number of carbonyl (C=O) groups excluding carboxylic acids is 2. The zero-order valence-corrected chi connectivity index (χ0v) is 19.5. The van der Waals surface area contributed by atoms with Crippen molar-refractivity contribution in [3.8, 4) is 10.4 Å². The summed E-state index contributed by atoms with van der Waals surface area (Å²) >= 11 is 2.62. The molecule has 2 heterocycles. The van der Waals surface area contributed by atoms with Crippen LogP contribution in [0.1, 0.15) is 25.3 Å². The number of benzene rings is 1. The van der Waals surface area contributed by atoms with Crippen LogP contribution in [-0.2, 0) is 11.3 Å². The fourth-order valence-electron chi connectivity index (χ4n) is 3.32. The van der Waals surface area contributed by atoms with Gasteiger partial charge in [0.1, 0.15) is 4.83 Å². The SMILES string of the molecule is C=CCn1c(SC(C)C(=O)NC(=O)NC2CC2)nc2sc(-c3ccccc3)c(C)c2c1=O. The lowest BCUT2D eigenvalue weighted by Gasteiger charge is -2.14. The number of hydrogen-bond donors (Lipinski definition) is 2. The van der Waals surface area contributed by atoms with Crippen molar-refractivity contribution in [2.45, 2.75) is 49.7 Å². The number of allylic oxidation sites excluding steroid dienone is 1. The molecule has 0 saturated heterocycles. The molecule has 1 atom stereocenters. The molecule has 9 heteroatoms. The van der Waals surface area contributed by atoms with Crippen molar-refractivity contribution in [3.05, 3.63) is 58.9 Å². The van der Waals surface area contributed by atoms with Crippen molar-refractivity contribution < 1.29 is 9.59 Å². The van der Waals surface area contributed by atoms with E-state index in [0.29, 0.717) is 15.4 Å². The first-order chi connectivity index (χ1) is 15.4. The number of urea groups is 1. The summed E-state index contributed by atoms with van der Waals surface area (Å²) < 4.78 is 1.53. The number of rotatable bonds is 7. The van der Waals surface area contributed by atoms with Crippen LogP contribution in [0.3, 0.4) is 0 Å². The summed E-state index contributed by atoms with van der Waals surface area (Å²) in [6.45, 7) is 7.65. The van der Waals surface area contributed by atoms with Crippen molar-refractivity contribution in [3.63, 3.8) is 0 Å². The van der Waals surface area contributed by atoms with E-state index >= 15 is 0 Å². The maximum Gasteiger partial charge on any atom is 0.321 e. The number of fused-ring (bicyclic) bond motifs is 1. The number of nitrogens with one attached hydrogen (secondary N) is 2. The molecular formula is C23H24N4O3S2. The van der Waals surface area contributed by atoms with Gasteiger partial charge in [-0.1, -0.05) is 48.2 Å². The van der Waals surface area contributed by atoms with E-state index in [9.17, 15) is 14.4 Å². The third-order valence-electron chi connectivity index (χ3n) is 5.16. The number of nitrogens with zero attached hydrogens (tertiary/aromatic N) is 2. The van der Waals surface area contributed by atoms with Gasteiger partial charge in [-0.3, -0.25) is 19.5 Å². The standard InChI is InChI=1S/C23H24N4O3S2/c1-4-12-27-21(29)17-13(2)18(15-8-6-5-7-9-15)32-20(17)26-23(27)31-14(3)19(28)25-22(30)24-16-10-11-16/h4-9,14,16H,1,10-12H2,2-3H3,(H2,24,25,28,30). The van der Waals surface area contributed by atoms with E-state index in [2.05, 4.69) is 17.2 Å². The maximum atomic E-state index is 13.4. The molecule has 7 nitrogen and oxygen atoms in total. The first kappa shape index (κ1) is 22.3. The lowest BCUT2D eigenvalue weighted by atomic mass is 10.1. The second-order valence-electron chi connectivity index (χ2n) is 7.70. The predicted octanol–water partition coefficient (Wildman–Crippen LogP) is 4.09. The van der Waals surface area contributed by atoms with Crippen LogP contribution in [0, 0.1) is 6.92 Å². The minimum Gasteiger partial charge on any atom is -0.335 e. The van der Waals surface area contributed by atoms with Gasteiger partial charge in [0.15, 0.2) is 5.16 Å². The molecule has 166 valence electrons. The van der Waals surface area contributed by atoms with Gasteiger partial charge < -0.3 is 5.32 Å². The highest BCUT2D eigenvalue weighted by Gasteiger charge is 2.26. The van der Waals surface area contributed by atoms with E-state index in [1.165, 1.54) is 15.9 Å². The molecule has 0 spiro atoms. The van der Waals surface area contributed by atoms with Crippen LogP contribution in [0.2, 0.25) is 0 Å². The van der Waals surface area contributed by atoms with Crippen molar-refractivity contribution >= 4 is 45.3 Å². The summed E-state index contributed by atoms with van der Waals surface area (Å²) in [6, 6.07) is 9.57. The first-order valence-corrected chi connectivity index (χ1v) is 12.1. The van der Waals surface area contributed by atoms with Gasteiger partial charge in [0.2, 0.25) is 5.91 Å². The molecule has 1 unspecified atom stereocenters. The van der Waals surface area contributed by atoms with Crippen LogP contribution < -0.4 is 16.2 Å². The molecule has 0 aliphatic heterocycles. The van der Waals surface area contributed by atoms with Crippen LogP contribution in [0.15, 0.2) is 52.9 Å². The highest BCUT2D eigenvalue weighted by Crippen LogP contribution is 2.36. The fourth-order valence-corrected chi connectivity index (χ4v) is 5.46. The van der Waals surface area contributed by atoms with E-state index in [4.69, 9.17) is 4.98 Å². The minimum absolute atomic E-state index is 0.160. The van der Waals surface area contributed by atoms with Crippen LogP contribution >= 0.6 is 23.1 Å². The van der Waals surface area contributed by atoms with Gasteiger partial charge >= 0.3 is 6.03 Å². The Bertz CT molecular complexity index is 1250. The minimum atomic E-state index is -0.616. The van der Waals surface area contributed by atoms with E-state index in [0.717, 1.165) is 40.6 Å². The molecule has 1 fully saturated rings. The number of amides is 3. The second-order valence-corrected chi connectivity index (χ2v) is 10.0. The third kappa shape index (κ3) is 4.63. The Labute approximate surface area is 193 Å². The van der Waals surface area contributed by atoms with Crippen LogP contribution in [0.4, 0.5) is 4.79 Å². The van der Waals surface area contributed by atoms with Gasteiger partial charge in [-0.2, -0.15) is 0 Å². The number of thiophene rings is 1. The summed E-state index contributed by atoms with van der Waals surface area (Å²) in [4.78, 5) is 44.1. The van der Waals surface area contributed by atoms with Crippen molar-refractivity contribution in [2.75, 3.05) is 0 Å². The molecule has 1 aliphatic carbocycles. The summed E-state index contributed by atoms with van der Waals surface area (Å²) in [5.41, 5.74) is 1.77. The third-order valence-corrected chi connectivity index (χ3v) is 7.49. The number of thioether (sulfide) groups is 1. The molecule has 32 heavy (non-hydrogen) atoms. The van der Waals surface area contributed by atoms with Crippen LogP contribution in [-0.4, -0.2) is 32.8 Å². The normalized spacial score (nSPS) is 14.2. The topological polar surface area (TPSA) is 93.1 Å². The number of carbonyl (C=O) groups is 2. The number of aromatic nitrogens is 2. The quantitative estimate of drug-likeness (QED) is 0.310. The van der Waals surface area contributed by atoms with Gasteiger partial charge in [-0.15, -0.1) is 17.9 Å². The summed E-state index contributed by atoms with van der Waals surface area (Å²) in [5, 5.41) is 5.49. The second kappa shape index (κ2) is 9.30. The Morgan fingerprint density at radius 2 is 2.06 bits per heavy atom. The molecule has 1 aliphatic rings. The smallest absolute Gasteiger partial charge is 0.321 e. The Hall–Kier alpha value is -2.91. The first-order valence-electron chi connectivity index (χ1n) is 10.4. The van der Waals surface area contributed by atoms with Crippen LogP contribution in [0.5, 0.6) is 0 Å². The van der Waals surface area contributed by atoms with E-state index in [1.54, 1.807) is 13.0 Å². The molecule has 1 aromatic carbocycles. The molecular weight excluding hydrogens is 444 g/mol. The lowest BCUT2D eigenvalue weighted by molar-refractivity contribution is -0.119. The molecule has 3 aromatic rings. The monoisotopic (exact) mass is 468 g/mol. The van der Waals surface area contributed by atoms with Crippen molar-refractivity contribution in [1.29, 1.82) is 0 Å². The molecule has 3 amide bonds. The molecule has 2 N–H and O–H groups in total. The number of imide groups is 1. The van der Waals surface area contributed by atoms with Gasteiger partial charge in [-0.05, 0) is 37.8 Å². The summed E-state index contributed by atoms with van der Waals surface area (Å²) in [6.07, 6.45) is 3.51. The molecule has 0 bridgehead atoms. The van der Waals surface area contributed by atoms with Crippen molar-refractivity contribution in [2.24, 2.45) is 0 Å². The molecule has 0 radical (unpaired) electrons. The Morgan fingerprint density at radius 3 is 2.72 bits per heavy atom. The highest BCUT2D eigenvalue weighted by atomic mass is 32.2. The van der Waals surface area contributed by atoms with Gasteiger partial charge in [0, 0.05) is 17.5 Å². The van der Waals surface area contributed by atoms with Gasteiger partial charge in [0.25, 0.3) is 5.56 Å². The van der Waals surface area contributed by atoms with E-state index in [1.807, 2.05) is 37.3 Å². The largest absolute Gasteiger partial charge is 0.335 e. The summed E-state index contributed by atoms with van der Waals surface area (Å²) in [7, 11) is 0. The van der Waals surface area contributed by atoms with Gasteiger partial charge in [-0.25, -0.2) is 9.78 Å². The van der Waals surface area contributed by atoms with Gasteiger partial charge in [0.05, 0.1) is 10.6 Å². The molecule has 2 aromatic heterocycles. The van der Waals surface area contributed by atoms with Crippen molar-refractivity contribution in [1.82, 2.24) is 20.2 Å². The number of hydrogen-bond acceptors (Lipinski definition) is 6. The average molecular weight is 469 g/mol. The maximum absolute atomic E-state index is 13.4. The van der Waals surface area contributed by atoms with E-state index < -0.39 is 17.2 Å². The fraction of sp³-hybridized carbons (Fsp3) is 0.304. The Kier molecular flexibility index (Phi) is 6.48. The highest BCUT2D eigenvalue weighted by molar-refractivity contribution is 8.00. The average Bonchev–Trinajstić information content (AvgIpc) is 3.52. The zero-order chi connectivity index (χ0) is 22.8. The summed E-state index contributed by atoms with van der Waals surface area (Å²) in [5.74, 6) is -0.431. The lowest BCUT2D eigenvalue weighted by Crippen LogP contribution is -2.43. The Balaban J connectivity index is 1.66. The Morgan fingerprint density at radius 1 is 1.34 bits per heavy atom. The van der Waals surface area contributed by atoms with Crippen LogP contribution in [0.25, 0.3) is 20.7 Å². The zero-order valence-electron chi connectivity index (χ0n) is 17.9. The molecule has 4 rings (SSSR count). The number of aryl methyl sites for hydroxylation is 1.